The molecule has 1 aromatic carbocycles. The summed E-state index contributed by atoms with van der Waals surface area (Å²) in [5.74, 6) is 0.977. The molecule has 0 fully saturated rings. The zero-order valence-corrected chi connectivity index (χ0v) is 12.8. The molecule has 2 rings (SSSR count). The highest BCUT2D eigenvalue weighted by Crippen LogP contribution is 2.31. The second kappa shape index (κ2) is 8.11. The van der Waals surface area contributed by atoms with Gasteiger partial charge in [-0.2, -0.15) is 0 Å². The zero-order chi connectivity index (χ0) is 14.2. The average Bonchev–Trinajstić information content (AvgIpc) is 2.50. The van der Waals surface area contributed by atoms with Crippen molar-refractivity contribution in [3.63, 3.8) is 0 Å². The van der Waals surface area contributed by atoms with Gasteiger partial charge in [-0.1, -0.05) is 30.7 Å². The van der Waals surface area contributed by atoms with Crippen LogP contribution < -0.4 is 10.1 Å². The minimum absolute atomic E-state index is 0.357. The molecule has 0 radical (unpaired) electrons. The van der Waals surface area contributed by atoms with Gasteiger partial charge in [-0.25, -0.2) is 0 Å². The standard InChI is InChI=1S/C18H27NO/c1-3-13-19-18(15-9-6-5-7-10-15)16-11-8-12-17(14-16)20-4-2/h8-9,11-12,14,18-19H,3-7,10,13H2,1-2H3. The number of ether oxygens (including phenoxy) is 1. The highest BCUT2D eigenvalue weighted by molar-refractivity contribution is 5.35. The summed E-state index contributed by atoms with van der Waals surface area (Å²) in [6.07, 6.45) is 8.70. The summed E-state index contributed by atoms with van der Waals surface area (Å²) >= 11 is 0. The Morgan fingerprint density at radius 1 is 1.25 bits per heavy atom. The normalized spacial score (nSPS) is 16.6. The number of nitrogens with one attached hydrogen (secondary N) is 1. The SMILES string of the molecule is CCCNC(C1=CCCCC1)c1cccc(OCC)c1. The van der Waals surface area contributed by atoms with Crippen LogP contribution in [0.1, 0.15) is 57.6 Å². The topological polar surface area (TPSA) is 21.3 Å². The fraction of sp³-hybridized carbons (Fsp3) is 0.556. The number of rotatable bonds is 7. The molecule has 0 amide bonds. The van der Waals surface area contributed by atoms with Crippen LogP contribution in [0.4, 0.5) is 0 Å². The van der Waals surface area contributed by atoms with Crippen molar-refractivity contribution in [3.05, 3.63) is 41.5 Å². The van der Waals surface area contributed by atoms with E-state index in [1.165, 1.54) is 31.2 Å². The Balaban J connectivity index is 2.20. The van der Waals surface area contributed by atoms with Crippen LogP contribution in [0.3, 0.4) is 0 Å². The first-order chi connectivity index (χ1) is 9.85. The van der Waals surface area contributed by atoms with Crippen LogP contribution in [0.2, 0.25) is 0 Å². The summed E-state index contributed by atoms with van der Waals surface area (Å²) in [6, 6.07) is 8.90. The van der Waals surface area contributed by atoms with Crippen LogP contribution >= 0.6 is 0 Å². The average molecular weight is 273 g/mol. The smallest absolute Gasteiger partial charge is 0.119 e. The van der Waals surface area contributed by atoms with Crippen molar-refractivity contribution in [3.8, 4) is 5.75 Å². The summed E-state index contributed by atoms with van der Waals surface area (Å²) in [5.41, 5.74) is 2.89. The molecule has 0 bridgehead atoms. The molecule has 0 saturated heterocycles. The van der Waals surface area contributed by atoms with Gasteiger partial charge in [0.15, 0.2) is 0 Å². The Morgan fingerprint density at radius 2 is 2.15 bits per heavy atom. The molecule has 1 aliphatic rings. The van der Waals surface area contributed by atoms with E-state index < -0.39 is 0 Å². The molecule has 0 aliphatic heterocycles. The monoisotopic (exact) mass is 273 g/mol. The minimum atomic E-state index is 0.357. The predicted octanol–water partition coefficient (Wildman–Crippen LogP) is 4.63. The van der Waals surface area contributed by atoms with Gasteiger partial charge >= 0.3 is 0 Å². The predicted molar refractivity (Wildman–Crippen MR) is 85.2 cm³/mol. The van der Waals surface area contributed by atoms with E-state index in [4.69, 9.17) is 4.74 Å². The maximum Gasteiger partial charge on any atom is 0.119 e. The van der Waals surface area contributed by atoms with E-state index in [1.54, 1.807) is 5.57 Å². The van der Waals surface area contributed by atoms with Crippen molar-refractivity contribution in [2.24, 2.45) is 0 Å². The lowest BCUT2D eigenvalue weighted by molar-refractivity contribution is 0.339. The van der Waals surface area contributed by atoms with Gasteiger partial charge in [-0.05, 0) is 63.3 Å². The third-order valence-electron chi connectivity index (χ3n) is 3.80. The molecule has 0 spiro atoms. The highest BCUT2D eigenvalue weighted by Gasteiger charge is 2.18. The quantitative estimate of drug-likeness (QED) is 0.732. The lowest BCUT2D eigenvalue weighted by Gasteiger charge is -2.25. The van der Waals surface area contributed by atoms with Gasteiger partial charge in [0, 0.05) is 0 Å². The molecular formula is C18H27NO. The number of benzene rings is 1. The van der Waals surface area contributed by atoms with E-state index in [0.29, 0.717) is 6.04 Å². The van der Waals surface area contributed by atoms with Crippen LogP contribution in [-0.4, -0.2) is 13.2 Å². The summed E-state index contributed by atoms with van der Waals surface area (Å²) in [5, 5.41) is 3.70. The molecule has 1 aliphatic carbocycles. The third-order valence-corrected chi connectivity index (χ3v) is 3.80. The lowest BCUT2D eigenvalue weighted by atomic mass is 9.89. The van der Waals surface area contributed by atoms with Gasteiger partial charge in [0.25, 0.3) is 0 Å². The zero-order valence-electron chi connectivity index (χ0n) is 12.8. The van der Waals surface area contributed by atoms with Crippen molar-refractivity contribution >= 4 is 0 Å². The maximum absolute atomic E-state index is 5.64. The highest BCUT2D eigenvalue weighted by atomic mass is 16.5. The van der Waals surface area contributed by atoms with Crippen molar-refractivity contribution < 1.29 is 4.74 Å². The van der Waals surface area contributed by atoms with Crippen LogP contribution in [0.25, 0.3) is 0 Å². The Morgan fingerprint density at radius 3 is 2.85 bits per heavy atom. The van der Waals surface area contributed by atoms with Crippen molar-refractivity contribution in [2.45, 2.75) is 52.0 Å². The van der Waals surface area contributed by atoms with Gasteiger partial charge in [0.05, 0.1) is 12.6 Å². The first kappa shape index (κ1) is 15.1. The first-order valence-electron chi connectivity index (χ1n) is 8.00. The second-order valence-electron chi connectivity index (χ2n) is 5.42. The van der Waals surface area contributed by atoms with Crippen molar-refractivity contribution in [2.75, 3.05) is 13.2 Å². The number of hydrogen-bond donors (Lipinski definition) is 1. The van der Waals surface area contributed by atoms with E-state index in [-0.39, 0.29) is 0 Å². The molecule has 0 heterocycles. The fourth-order valence-electron chi connectivity index (χ4n) is 2.83. The molecule has 0 aromatic heterocycles. The Bertz CT molecular complexity index is 439. The Hall–Kier alpha value is -1.28. The molecular weight excluding hydrogens is 246 g/mol. The Labute approximate surface area is 123 Å². The largest absolute Gasteiger partial charge is 0.494 e. The minimum Gasteiger partial charge on any atom is -0.494 e. The van der Waals surface area contributed by atoms with Crippen LogP contribution in [0, 0.1) is 0 Å². The van der Waals surface area contributed by atoms with Gasteiger partial charge in [0.2, 0.25) is 0 Å². The van der Waals surface area contributed by atoms with Gasteiger partial charge in [-0.3, -0.25) is 0 Å². The van der Waals surface area contributed by atoms with E-state index in [9.17, 15) is 0 Å². The van der Waals surface area contributed by atoms with E-state index >= 15 is 0 Å². The second-order valence-corrected chi connectivity index (χ2v) is 5.42. The maximum atomic E-state index is 5.64. The fourth-order valence-corrected chi connectivity index (χ4v) is 2.83. The molecule has 1 aromatic rings. The lowest BCUT2D eigenvalue weighted by Crippen LogP contribution is -2.24. The summed E-state index contributed by atoms with van der Waals surface area (Å²) < 4.78 is 5.64. The molecule has 110 valence electrons. The van der Waals surface area contributed by atoms with E-state index in [0.717, 1.165) is 25.3 Å². The van der Waals surface area contributed by atoms with E-state index in [1.807, 2.05) is 13.0 Å². The number of hydrogen-bond acceptors (Lipinski definition) is 2. The molecule has 1 unspecified atom stereocenters. The first-order valence-corrected chi connectivity index (χ1v) is 8.00. The molecule has 20 heavy (non-hydrogen) atoms. The van der Waals surface area contributed by atoms with Crippen molar-refractivity contribution in [1.82, 2.24) is 5.32 Å². The van der Waals surface area contributed by atoms with E-state index in [2.05, 4.69) is 36.5 Å². The molecule has 1 atom stereocenters. The van der Waals surface area contributed by atoms with Gasteiger partial charge in [-0.15, -0.1) is 0 Å². The van der Waals surface area contributed by atoms with Crippen LogP contribution in [0.15, 0.2) is 35.9 Å². The van der Waals surface area contributed by atoms with Crippen LogP contribution in [0.5, 0.6) is 5.75 Å². The molecule has 0 saturated carbocycles. The summed E-state index contributed by atoms with van der Waals surface area (Å²) in [6.45, 7) is 6.03. The van der Waals surface area contributed by atoms with Gasteiger partial charge < -0.3 is 10.1 Å². The third kappa shape index (κ3) is 4.11. The van der Waals surface area contributed by atoms with Crippen molar-refractivity contribution in [1.29, 1.82) is 0 Å². The molecule has 2 heteroatoms. The molecule has 1 N–H and O–H groups in total. The summed E-state index contributed by atoms with van der Waals surface area (Å²) in [7, 11) is 0. The van der Waals surface area contributed by atoms with Gasteiger partial charge in [0.1, 0.15) is 5.75 Å². The number of allylic oxidation sites excluding steroid dienone is 1. The summed E-state index contributed by atoms with van der Waals surface area (Å²) in [4.78, 5) is 0. The molecule has 2 nitrogen and oxygen atoms in total. The van der Waals surface area contributed by atoms with Crippen LogP contribution in [-0.2, 0) is 0 Å². The Kier molecular flexibility index (Phi) is 6.13.